The van der Waals surface area contributed by atoms with Gasteiger partial charge in [-0.3, -0.25) is 9.59 Å². The van der Waals surface area contributed by atoms with E-state index in [1.165, 1.54) is 23.5 Å². The lowest BCUT2D eigenvalue weighted by molar-refractivity contribution is -0.118. The Kier molecular flexibility index (Phi) is 7.12. The lowest BCUT2D eigenvalue weighted by Gasteiger charge is -2.21. The molecule has 0 atom stereocenters. The summed E-state index contributed by atoms with van der Waals surface area (Å²) in [6.07, 6.45) is 3.29. The molecule has 2 amide bonds. The maximum absolute atomic E-state index is 12.2. The van der Waals surface area contributed by atoms with Gasteiger partial charge in [0.25, 0.3) is 11.8 Å². The fourth-order valence-electron chi connectivity index (χ4n) is 3.02. The summed E-state index contributed by atoms with van der Waals surface area (Å²) >= 11 is 10.2. The first-order chi connectivity index (χ1) is 14.6. The summed E-state index contributed by atoms with van der Waals surface area (Å²) in [4.78, 5) is 24.3. The number of carbonyl (C=O) groups excluding carboxylic acids is 2. The van der Waals surface area contributed by atoms with Gasteiger partial charge in [0.05, 0.1) is 15.2 Å². The van der Waals surface area contributed by atoms with Crippen molar-refractivity contribution in [3.05, 3.63) is 58.6 Å². The highest BCUT2D eigenvalue weighted by Gasteiger charge is 2.24. The van der Waals surface area contributed by atoms with Crippen LogP contribution in [0.2, 0.25) is 5.02 Å². The number of halogens is 1. The fourth-order valence-corrected chi connectivity index (χ4v) is 6.18. The van der Waals surface area contributed by atoms with Gasteiger partial charge in [0.2, 0.25) is 0 Å². The molecule has 2 N–H and O–H groups in total. The maximum Gasteiger partial charge on any atom is 0.262 e. The SMILES string of the molecule is O=C(COc1ccc(C2SCCCS2)cc1)Nc1ccc(C(=O)NC2CC2)c(Cl)c1. The molecule has 0 unspecified atom stereocenters. The predicted octanol–water partition coefficient (Wildman–Crippen LogP) is 5.12. The lowest BCUT2D eigenvalue weighted by Crippen LogP contribution is -2.25. The molecule has 5 nitrogen and oxygen atoms in total. The van der Waals surface area contributed by atoms with E-state index in [0.29, 0.717) is 26.6 Å². The fraction of sp³-hybridized carbons (Fsp3) is 0.364. The summed E-state index contributed by atoms with van der Waals surface area (Å²) in [5.41, 5.74) is 2.22. The van der Waals surface area contributed by atoms with E-state index in [9.17, 15) is 9.59 Å². The summed E-state index contributed by atoms with van der Waals surface area (Å²) in [6, 6.07) is 13.1. The molecular formula is C22H23ClN2O3S2. The van der Waals surface area contributed by atoms with Crippen molar-refractivity contribution in [2.24, 2.45) is 0 Å². The van der Waals surface area contributed by atoms with Gasteiger partial charge in [0.1, 0.15) is 5.75 Å². The molecule has 8 heteroatoms. The van der Waals surface area contributed by atoms with Crippen molar-refractivity contribution in [3.8, 4) is 5.75 Å². The monoisotopic (exact) mass is 462 g/mol. The van der Waals surface area contributed by atoms with Gasteiger partial charge in [0, 0.05) is 11.7 Å². The Morgan fingerprint density at radius 1 is 1.07 bits per heavy atom. The minimum absolute atomic E-state index is 0.103. The Bertz CT molecular complexity index is 913. The first kappa shape index (κ1) is 21.4. The second kappa shape index (κ2) is 9.98. The average molecular weight is 463 g/mol. The second-order valence-corrected chi connectivity index (χ2v) is 10.4. The van der Waals surface area contributed by atoms with Crippen LogP contribution in [-0.4, -0.2) is 36.0 Å². The molecule has 4 rings (SSSR count). The van der Waals surface area contributed by atoms with Crippen LogP contribution < -0.4 is 15.4 Å². The molecule has 0 radical (unpaired) electrons. The average Bonchev–Trinajstić information content (AvgIpc) is 3.57. The van der Waals surface area contributed by atoms with Gasteiger partial charge >= 0.3 is 0 Å². The van der Waals surface area contributed by atoms with Crippen LogP contribution in [0.1, 0.15) is 39.8 Å². The summed E-state index contributed by atoms with van der Waals surface area (Å²) in [5.74, 6) is 2.59. The zero-order valence-corrected chi connectivity index (χ0v) is 18.7. The van der Waals surface area contributed by atoms with Crippen LogP contribution in [0.15, 0.2) is 42.5 Å². The van der Waals surface area contributed by atoms with Crippen LogP contribution in [0, 0.1) is 0 Å². The molecular weight excluding hydrogens is 440 g/mol. The largest absolute Gasteiger partial charge is 0.484 e. The number of ether oxygens (including phenoxy) is 1. The molecule has 1 saturated carbocycles. The minimum atomic E-state index is -0.288. The molecule has 2 aromatic carbocycles. The van der Waals surface area contributed by atoms with E-state index in [-0.39, 0.29) is 24.5 Å². The van der Waals surface area contributed by atoms with Crippen LogP contribution in [-0.2, 0) is 4.79 Å². The van der Waals surface area contributed by atoms with E-state index in [1.54, 1.807) is 18.2 Å². The van der Waals surface area contributed by atoms with Crippen LogP contribution in [0.25, 0.3) is 0 Å². The van der Waals surface area contributed by atoms with E-state index >= 15 is 0 Å². The highest BCUT2D eigenvalue weighted by atomic mass is 35.5. The van der Waals surface area contributed by atoms with Crippen molar-refractivity contribution in [2.75, 3.05) is 23.4 Å². The van der Waals surface area contributed by atoms with Gasteiger partial charge in [-0.2, -0.15) is 0 Å². The Balaban J connectivity index is 1.27. The second-order valence-electron chi connectivity index (χ2n) is 7.28. The van der Waals surface area contributed by atoms with E-state index in [1.807, 2.05) is 35.7 Å². The van der Waals surface area contributed by atoms with E-state index in [4.69, 9.17) is 16.3 Å². The van der Waals surface area contributed by atoms with Crippen molar-refractivity contribution >= 4 is 52.6 Å². The van der Waals surface area contributed by atoms with E-state index in [0.717, 1.165) is 12.8 Å². The van der Waals surface area contributed by atoms with Gasteiger partial charge in [0.15, 0.2) is 6.61 Å². The molecule has 0 bridgehead atoms. The lowest BCUT2D eigenvalue weighted by atomic mass is 10.2. The topological polar surface area (TPSA) is 67.4 Å². The molecule has 158 valence electrons. The van der Waals surface area contributed by atoms with Crippen molar-refractivity contribution in [3.63, 3.8) is 0 Å². The number of nitrogens with one attached hydrogen (secondary N) is 2. The highest BCUT2D eigenvalue weighted by Crippen LogP contribution is 2.43. The van der Waals surface area contributed by atoms with Crippen molar-refractivity contribution in [1.82, 2.24) is 5.32 Å². The highest BCUT2D eigenvalue weighted by molar-refractivity contribution is 8.16. The molecule has 1 aliphatic heterocycles. The number of anilines is 1. The van der Waals surface area contributed by atoms with Crippen molar-refractivity contribution in [1.29, 1.82) is 0 Å². The molecule has 2 fully saturated rings. The summed E-state index contributed by atoms with van der Waals surface area (Å²) in [7, 11) is 0. The molecule has 1 heterocycles. The number of hydrogen-bond acceptors (Lipinski definition) is 5. The Hall–Kier alpha value is -1.83. The van der Waals surface area contributed by atoms with Gasteiger partial charge in [-0.05, 0) is 66.7 Å². The molecule has 0 aromatic heterocycles. The third-order valence-electron chi connectivity index (χ3n) is 4.76. The molecule has 1 saturated heterocycles. The van der Waals surface area contributed by atoms with Gasteiger partial charge in [-0.25, -0.2) is 0 Å². The first-order valence-electron chi connectivity index (χ1n) is 9.95. The van der Waals surface area contributed by atoms with Crippen LogP contribution in [0.3, 0.4) is 0 Å². The van der Waals surface area contributed by atoms with E-state index in [2.05, 4.69) is 22.8 Å². The zero-order chi connectivity index (χ0) is 20.9. The number of hydrogen-bond donors (Lipinski definition) is 2. The zero-order valence-electron chi connectivity index (χ0n) is 16.4. The van der Waals surface area contributed by atoms with Gasteiger partial charge < -0.3 is 15.4 Å². The number of amides is 2. The first-order valence-corrected chi connectivity index (χ1v) is 12.4. The van der Waals surface area contributed by atoms with Gasteiger partial charge in [-0.1, -0.05) is 23.7 Å². The number of rotatable bonds is 7. The minimum Gasteiger partial charge on any atom is -0.484 e. The van der Waals surface area contributed by atoms with Crippen LogP contribution >= 0.6 is 35.1 Å². The quantitative estimate of drug-likeness (QED) is 0.597. The maximum atomic E-state index is 12.2. The smallest absolute Gasteiger partial charge is 0.262 e. The summed E-state index contributed by atoms with van der Waals surface area (Å²) in [6.45, 7) is -0.103. The normalized spacial score (nSPS) is 16.7. The Morgan fingerprint density at radius 2 is 1.80 bits per heavy atom. The van der Waals surface area contributed by atoms with Crippen LogP contribution in [0.4, 0.5) is 5.69 Å². The van der Waals surface area contributed by atoms with E-state index < -0.39 is 0 Å². The molecule has 30 heavy (non-hydrogen) atoms. The molecule has 2 aromatic rings. The summed E-state index contributed by atoms with van der Waals surface area (Å²) in [5, 5.41) is 5.96. The van der Waals surface area contributed by atoms with Crippen molar-refractivity contribution in [2.45, 2.75) is 29.9 Å². The standard InChI is InChI=1S/C22H23ClN2O3S2/c23-19-12-16(6-9-18(19)21(27)25-15-4-5-15)24-20(26)13-28-17-7-2-14(3-8-17)22-29-10-1-11-30-22/h2-3,6-9,12,15,22H,1,4-5,10-11,13H2,(H,24,26)(H,25,27). The molecule has 1 aliphatic carbocycles. The number of carbonyl (C=O) groups is 2. The Labute approximate surface area is 189 Å². The van der Waals surface area contributed by atoms with Gasteiger partial charge in [-0.15, -0.1) is 23.5 Å². The Morgan fingerprint density at radius 3 is 2.47 bits per heavy atom. The third kappa shape index (κ3) is 5.86. The molecule has 0 spiro atoms. The number of benzene rings is 2. The number of thioether (sulfide) groups is 2. The molecule has 2 aliphatic rings. The van der Waals surface area contributed by atoms with Crippen LogP contribution in [0.5, 0.6) is 5.75 Å². The summed E-state index contributed by atoms with van der Waals surface area (Å²) < 4.78 is 6.08. The van der Waals surface area contributed by atoms with Crippen molar-refractivity contribution < 1.29 is 14.3 Å². The third-order valence-corrected chi connectivity index (χ3v) is 8.09. The predicted molar refractivity (Wildman–Crippen MR) is 125 cm³/mol.